The van der Waals surface area contributed by atoms with Gasteiger partial charge in [-0.3, -0.25) is 9.69 Å². The van der Waals surface area contributed by atoms with Crippen molar-refractivity contribution in [1.29, 1.82) is 0 Å². The van der Waals surface area contributed by atoms with Crippen LogP contribution < -0.4 is 10.1 Å². The first kappa shape index (κ1) is 22.3. The molecule has 162 valence electrons. The van der Waals surface area contributed by atoms with Crippen molar-refractivity contribution in [3.8, 4) is 5.75 Å². The van der Waals surface area contributed by atoms with E-state index >= 15 is 0 Å². The Morgan fingerprint density at radius 3 is 2.63 bits per heavy atom. The molecule has 1 amide bonds. The second kappa shape index (κ2) is 10.1. The number of halogens is 1. The van der Waals surface area contributed by atoms with Gasteiger partial charge in [-0.2, -0.15) is 0 Å². The molecule has 0 spiro atoms. The minimum absolute atomic E-state index is 0.00984. The highest BCUT2D eigenvalue weighted by atomic mass is 19.1. The van der Waals surface area contributed by atoms with Gasteiger partial charge in [0.25, 0.3) is 0 Å². The van der Waals surface area contributed by atoms with Crippen molar-refractivity contribution >= 4 is 5.91 Å². The normalized spacial score (nSPS) is 17.5. The maximum atomic E-state index is 13.1. The highest BCUT2D eigenvalue weighted by Gasteiger charge is 2.25. The largest absolute Gasteiger partial charge is 0.491 e. The molecular weight excluding hydrogens is 379 g/mol. The van der Waals surface area contributed by atoms with Gasteiger partial charge in [0.1, 0.15) is 18.2 Å². The summed E-state index contributed by atoms with van der Waals surface area (Å²) in [5.41, 5.74) is 2.25. The number of carbonyl (C=O) groups is 1. The van der Waals surface area contributed by atoms with Gasteiger partial charge in [0.05, 0.1) is 12.5 Å². The molecule has 0 aromatic heterocycles. The van der Waals surface area contributed by atoms with E-state index in [1.165, 1.54) is 17.7 Å². The Morgan fingerprint density at radius 1 is 1.17 bits per heavy atom. The van der Waals surface area contributed by atoms with Gasteiger partial charge in [-0.15, -0.1) is 0 Å². The lowest BCUT2D eigenvalue weighted by atomic mass is 9.86. The van der Waals surface area contributed by atoms with Crippen LogP contribution in [-0.4, -0.2) is 37.0 Å². The number of carbonyl (C=O) groups excluding carboxylic acids is 1. The molecule has 0 unspecified atom stereocenters. The Labute approximate surface area is 179 Å². The summed E-state index contributed by atoms with van der Waals surface area (Å²) in [4.78, 5) is 14.9. The summed E-state index contributed by atoms with van der Waals surface area (Å²) in [6.07, 6.45) is 1.90. The SMILES string of the molecule is CC(C)(C)c1ccccc1OCCNC(=O)[C@@H]1CCCN(Cc2ccc(F)cc2)C1. The quantitative estimate of drug-likeness (QED) is 0.680. The maximum Gasteiger partial charge on any atom is 0.224 e. The zero-order valence-corrected chi connectivity index (χ0v) is 18.3. The van der Waals surface area contributed by atoms with Crippen LogP contribution in [0.5, 0.6) is 5.75 Å². The molecular formula is C25H33FN2O2. The number of rotatable bonds is 7. The van der Waals surface area contributed by atoms with E-state index in [4.69, 9.17) is 4.74 Å². The summed E-state index contributed by atoms with van der Waals surface area (Å²) in [6, 6.07) is 14.7. The van der Waals surface area contributed by atoms with E-state index in [0.717, 1.165) is 43.8 Å². The summed E-state index contributed by atoms with van der Waals surface area (Å²) in [6.45, 7) is 9.88. The molecule has 0 bridgehead atoms. The van der Waals surface area contributed by atoms with Gasteiger partial charge in [0.2, 0.25) is 5.91 Å². The molecule has 1 aliphatic heterocycles. The maximum absolute atomic E-state index is 13.1. The van der Waals surface area contributed by atoms with E-state index in [0.29, 0.717) is 13.2 Å². The van der Waals surface area contributed by atoms with Crippen LogP contribution in [-0.2, 0) is 16.8 Å². The fraction of sp³-hybridized carbons (Fsp3) is 0.480. The van der Waals surface area contributed by atoms with Crippen LogP contribution in [0.3, 0.4) is 0 Å². The molecule has 1 heterocycles. The molecule has 1 saturated heterocycles. The second-order valence-corrected chi connectivity index (χ2v) is 9.09. The van der Waals surface area contributed by atoms with Gasteiger partial charge in [-0.05, 0) is 54.1 Å². The monoisotopic (exact) mass is 412 g/mol. The van der Waals surface area contributed by atoms with E-state index in [-0.39, 0.29) is 23.1 Å². The number of hydrogen-bond acceptors (Lipinski definition) is 3. The van der Waals surface area contributed by atoms with Gasteiger partial charge < -0.3 is 10.1 Å². The van der Waals surface area contributed by atoms with Gasteiger partial charge in [0.15, 0.2) is 0 Å². The molecule has 2 aromatic rings. The van der Waals surface area contributed by atoms with Gasteiger partial charge in [-0.1, -0.05) is 51.1 Å². The number of likely N-dealkylation sites (tertiary alicyclic amines) is 1. The Morgan fingerprint density at radius 2 is 1.90 bits per heavy atom. The number of nitrogens with zero attached hydrogens (tertiary/aromatic N) is 1. The number of hydrogen-bond donors (Lipinski definition) is 1. The Hall–Kier alpha value is -2.40. The third-order valence-electron chi connectivity index (χ3n) is 5.55. The smallest absolute Gasteiger partial charge is 0.224 e. The summed E-state index contributed by atoms with van der Waals surface area (Å²) >= 11 is 0. The van der Waals surface area contributed by atoms with Crippen LogP contribution in [0, 0.1) is 11.7 Å². The Kier molecular flexibility index (Phi) is 7.48. The molecule has 0 saturated carbocycles. The molecule has 30 heavy (non-hydrogen) atoms. The van der Waals surface area contributed by atoms with Crippen molar-refractivity contribution in [3.05, 3.63) is 65.5 Å². The third kappa shape index (κ3) is 6.30. The Balaban J connectivity index is 1.44. The standard InChI is InChI=1S/C25H33FN2O2/c1-25(2,3)22-8-4-5-9-23(22)30-16-14-27-24(29)20-7-6-15-28(18-20)17-19-10-12-21(26)13-11-19/h4-5,8-13,20H,6-7,14-18H2,1-3H3,(H,27,29)/t20-/m1/s1. The summed E-state index contributed by atoms with van der Waals surface area (Å²) < 4.78 is 19.0. The zero-order chi connectivity index (χ0) is 21.6. The number of para-hydroxylation sites is 1. The lowest BCUT2D eigenvalue weighted by Crippen LogP contribution is -2.43. The molecule has 0 aliphatic carbocycles. The summed E-state index contributed by atoms with van der Waals surface area (Å²) in [5, 5.41) is 3.03. The van der Waals surface area contributed by atoms with E-state index in [2.05, 4.69) is 37.1 Å². The lowest BCUT2D eigenvalue weighted by Gasteiger charge is -2.32. The molecule has 5 heteroatoms. The van der Waals surface area contributed by atoms with Crippen LogP contribution in [0.1, 0.15) is 44.7 Å². The van der Waals surface area contributed by atoms with Crippen LogP contribution in [0.4, 0.5) is 4.39 Å². The first-order valence-electron chi connectivity index (χ1n) is 10.8. The van der Waals surface area contributed by atoms with Crippen LogP contribution in [0.2, 0.25) is 0 Å². The minimum atomic E-state index is -0.220. The molecule has 2 aromatic carbocycles. The average Bonchev–Trinajstić information content (AvgIpc) is 2.72. The van der Waals surface area contributed by atoms with E-state index in [9.17, 15) is 9.18 Å². The van der Waals surface area contributed by atoms with Crippen LogP contribution >= 0.6 is 0 Å². The number of benzene rings is 2. The molecule has 1 atom stereocenters. The van der Waals surface area contributed by atoms with Crippen LogP contribution in [0.15, 0.2) is 48.5 Å². The fourth-order valence-corrected chi connectivity index (χ4v) is 3.95. The van der Waals surface area contributed by atoms with Crippen molar-refractivity contribution in [2.75, 3.05) is 26.2 Å². The van der Waals surface area contributed by atoms with Gasteiger partial charge >= 0.3 is 0 Å². The van der Waals surface area contributed by atoms with Crippen molar-refractivity contribution in [3.63, 3.8) is 0 Å². The van der Waals surface area contributed by atoms with Gasteiger partial charge in [0, 0.05) is 13.1 Å². The number of ether oxygens (including phenoxy) is 1. The number of piperidine rings is 1. The van der Waals surface area contributed by atoms with E-state index in [1.807, 2.05) is 30.3 Å². The highest BCUT2D eigenvalue weighted by Crippen LogP contribution is 2.30. The Bertz CT molecular complexity index is 830. The number of nitrogens with one attached hydrogen (secondary N) is 1. The van der Waals surface area contributed by atoms with E-state index in [1.54, 1.807) is 0 Å². The zero-order valence-electron chi connectivity index (χ0n) is 18.3. The van der Waals surface area contributed by atoms with Crippen molar-refractivity contribution in [2.24, 2.45) is 5.92 Å². The molecule has 4 nitrogen and oxygen atoms in total. The minimum Gasteiger partial charge on any atom is -0.491 e. The third-order valence-corrected chi connectivity index (χ3v) is 5.55. The second-order valence-electron chi connectivity index (χ2n) is 9.09. The molecule has 1 fully saturated rings. The predicted molar refractivity (Wildman–Crippen MR) is 118 cm³/mol. The fourth-order valence-electron chi connectivity index (χ4n) is 3.95. The first-order chi connectivity index (χ1) is 14.3. The van der Waals surface area contributed by atoms with Crippen LogP contribution in [0.25, 0.3) is 0 Å². The summed E-state index contributed by atoms with van der Waals surface area (Å²) in [5.74, 6) is 0.733. The molecule has 1 aliphatic rings. The van der Waals surface area contributed by atoms with Crippen molar-refractivity contribution in [2.45, 2.75) is 45.6 Å². The molecule has 1 N–H and O–H groups in total. The average molecular weight is 413 g/mol. The predicted octanol–water partition coefficient (Wildman–Crippen LogP) is 4.53. The summed E-state index contributed by atoms with van der Waals surface area (Å²) in [7, 11) is 0. The molecule has 0 radical (unpaired) electrons. The highest BCUT2D eigenvalue weighted by molar-refractivity contribution is 5.78. The van der Waals surface area contributed by atoms with Gasteiger partial charge in [-0.25, -0.2) is 4.39 Å². The van der Waals surface area contributed by atoms with Crippen molar-refractivity contribution in [1.82, 2.24) is 10.2 Å². The first-order valence-corrected chi connectivity index (χ1v) is 10.8. The van der Waals surface area contributed by atoms with Crippen molar-refractivity contribution < 1.29 is 13.9 Å². The topological polar surface area (TPSA) is 41.6 Å². The molecule has 3 rings (SSSR count). The number of amides is 1. The van der Waals surface area contributed by atoms with E-state index < -0.39 is 0 Å². The lowest BCUT2D eigenvalue weighted by molar-refractivity contribution is -0.126.